The molecule has 0 atom stereocenters. The Labute approximate surface area is 140 Å². The summed E-state index contributed by atoms with van der Waals surface area (Å²) in [5.74, 6) is 0.113. The van der Waals surface area contributed by atoms with Crippen LogP contribution in [-0.2, 0) is 17.8 Å². The maximum atomic E-state index is 12.3. The molecule has 0 bridgehead atoms. The van der Waals surface area contributed by atoms with Crippen LogP contribution in [0.25, 0.3) is 0 Å². The van der Waals surface area contributed by atoms with Gasteiger partial charge in [-0.05, 0) is 36.8 Å². The summed E-state index contributed by atoms with van der Waals surface area (Å²) in [5, 5.41) is 0. The summed E-state index contributed by atoms with van der Waals surface area (Å²) in [7, 11) is 0. The third-order valence-corrected chi connectivity index (χ3v) is 4.26. The van der Waals surface area contributed by atoms with Crippen molar-refractivity contribution in [3.05, 3.63) is 51.2 Å². The van der Waals surface area contributed by atoms with Crippen LogP contribution < -0.4 is 5.73 Å². The fourth-order valence-electron chi connectivity index (χ4n) is 1.92. The van der Waals surface area contributed by atoms with Crippen molar-refractivity contribution in [2.24, 2.45) is 0 Å². The number of halogens is 2. The Kier molecular flexibility index (Phi) is 7.02. The Hall–Kier alpha value is -1.23. The first-order valence-electron chi connectivity index (χ1n) is 6.45. The van der Waals surface area contributed by atoms with Crippen molar-refractivity contribution in [3.63, 3.8) is 0 Å². The van der Waals surface area contributed by atoms with Crippen molar-refractivity contribution in [3.8, 4) is 0 Å². The maximum Gasteiger partial charge on any atom is 0.227 e. The van der Waals surface area contributed by atoms with Crippen LogP contribution in [0, 0.1) is 0 Å². The van der Waals surface area contributed by atoms with Gasteiger partial charge in [0.1, 0.15) is 0 Å². The lowest BCUT2D eigenvalue weighted by molar-refractivity contribution is -0.130. The number of carbonyl (C=O) groups is 1. The Balaban J connectivity index is 0.00000220. The van der Waals surface area contributed by atoms with Gasteiger partial charge in [0.25, 0.3) is 0 Å². The zero-order valence-electron chi connectivity index (χ0n) is 11.7. The van der Waals surface area contributed by atoms with Gasteiger partial charge in [-0.2, -0.15) is 0 Å². The predicted octanol–water partition coefficient (Wildman–Crippen LogP) is 4.00. The van der Waals surface area contributed by atoms with Crippen molar-refractivity contribution in [1.29, 1.82) is 0 Å². The first-order chi connectivity index (χ1) is 9.58. The van der Waals surface area contributed by atoms with Crippen LogP contribution >= 0.6 is 35.3 Å². The quantitative estimate of drug-likeness (QED) is 0.833. The summed E-state index contributed by atoms with van der Waals surface area (Å²) in [6, 6.07) is 11.2. The number of nitrogens with zero attached hydrogens (tertiary/aromatic N) is 1. The average molecular weight is 345 g/mol. The largest absolute Gasteiger partial charge is 0.399 e. The Morgan fingerprint density at radius 2 is 1.90 bits per heavy atom. The molecule has 2 aromatic rings. The summed E-state index contributed by atoms with van der Waals surface area (Å²) >= 11 is 7.43. The molecule has 0 aliphatic heterocycles. The number of rotatable bonds is 5. The van der Waals surface area contributed by atoms with Crippen LogP contribution in [0.1, 0.15) is 17.4 Å². The van der Waals surface area contributed by atoms with E-state index in [0.717, 1.165) is 14.8 Å². The van der Waals surface area contributed by atoms with Crippen molar-refractivity contribution >= 4 is 46.9 Å². The highest BCUT2D eigenvalue weighted by Gasteiger charge is 2.13. The zero-order valence-corrected chi connectivity index (χ0v) is 14.1. The summed E-state index contributed by atoms with van der Waals surface area (Å²) in [6.07, 6.45) is 0.396. The molecule has 2 N–H and O–H groups in total. The number of nitrogens with two attached hydrogens (primary N) is 1. The van der Waals surface area contributed by atoms with Crippen LogP contribution in [0.3, 0.4) is 0 Å². The number of anilines is 1. The standard InChI is InChI=1S/C15H17ClN2OS.ClH/c1-2-18(10-13-7-8-14(16)20-13)15(19)9-11-3-5-12(17)6-4-11;/h3-8H,2,9-10,17H2,1H3;1H. The molecule has 0 saturated heterocycles. The maximum absolute atomic E-state index is 12.3. The van der Waals surface area contributed by atoms with Gasteiger partial charge in [0.05, 0.1) is 17.3 Å². The monoisotopic (exact) mass is 344 g/mol. The minimum atomic E-state index is 0. The van der Waals surface area contributed by atoms with E-state index in [-0.39, 0.29) is 18.3 Å². The molecule has 0 fully saturated rings. The SMILES string of the molecule is CCN(Cc1ccc(Cl)s1)C(=O)Cc1ccc(N)cc1.Cl. The van der Waals surface area contributed by atoms with E-state index >= 15 is 0 Å². The second-order valence-electron chi connectivity index (χ2n) is 4.53. The third kappa shape index (κ3) is 5.23. The van der Waals surface area contributed by atoms with Gasteiger partial charge in [0.2, 0.25) is 5.91 Å². The van der Waals surface area contributed by atoms with Crippen molar-refractivity contribution in [2.45, 2.75) is 19.9 Å². The van der Waals surface area contributed by atoms with E-state index in [9.17, 15) is 4.79 Å². The van der Waals surface area contributed by atoms with Crippen molar-refractivity contribution in [2.75, 3.05) is 12.3 Å². The molecule has 1 amide bonds. The highest BCUT2D eigenvalue weighted by atomic mass is 35.5. The van der Waals surface area contributed by atoms with Gasteiger partial charge in [-0.25, -0.2) is 0 Å². The third-order valence-electron chi connectivity index (χ3n) is 3.05. The Morgan fingerprint density at radius 3 is 2.43 bits per heavy atom. The minimum absolute atomic E-state index is 0. The van der Waals surface area contributed by atoms with E-state index in [1.807, 2.05) is 48.2 Å². The normalized spacial score (nSPS) is 10.0. The van der Waals surface area contributed by atoms with Gasteiger partial charge < -0.3 is 10.6 Å². The van der Waals surface area contributed by atoms with Crippen molar-refractivity contribution < 1.29 is 4.79 Å². The van der Waals surface area contributed by atoms with E-state index in [1.54, 1.807) is 0 Å². The molecule has 1 aromatic heterocycles. The Morgan fingerprint density at radius 1 is 1.24 bits per heavy atom. The summed E-state index contributed by atoms with van der Waals surface area (Å²) in [5.41, 5.74) is 7.33. The highest BCUT2D eigenvalue weighted by Crippen LogP contribution is 2.23. The lowest BCUT2D eigenvalue weighted by Gasteiger charge is -2.20. The van der Waals surface area contributed by atoms with Crippen LogP contribution in [0.5, 0.6) is 0 Å². The van der Waals surface area contributed by atoms with Crippen LogP contribution in [0.4, 0.5) is 5.69 Å². The minimum Gasteiger partial charge on any atom is -0.399 e. The van der Waals surface area contributed by atoms with Crippen LogP contribution in [-0.4, -0.2) is 17.4 Å². The molecule has 3 nitrogen and oxygen atoms in total. The van der Waals surface area contributed by atoms with Gasteiger partial charge in [-0.15, -0.1) is 23.7 Å². The number of carbonyl (C=O) groups excluding carboxylic acids is 1. The molecular weight excluding hydrogens is 327 g/mol. The number of hydrogen-bond donors (Lipinski definition) is 1. The molecule has 0 saturated carbocycles. The molecule has 0 aliphatic rings. The molecular formula is C15H18Cl2N2OS. The van der Waals surface area contributed by atoms with Gasteiger partial charge in [-0.1, -0.05) is 23.7 Å². The first-order valence-corrected chi connectivity index (χ1v) is 7.64. The van der Waals surface area contributed by atoms with E-state index in [0.29, 0.717) is 25.2 Å². The molecule has 0 unspecified atom stereocenters. The van der Waals surface area contributed by atoms with Gasteiger partial charge in [0.15, 0.2) is 0 Å². The predicted molar refractivity (Wildman–Crippen MR) is 92.2 cm³/mol. The molecule has 0 spiro atoms. The smallest absolute Gasteiger partial charge is 0.227 e. The van der Waals surface area contributed by atoms with Crippen LogP contribution in [0.15, 0.2) is 36.4 Å². The summed E-state index contributed by atoms with van der Waals surface area (Å²) in [4.78, 5) is 15.2. The zero-order chi connectivity index (χ0) is 14.5. The second kappa shape index (κ2) is 8.27. The molecule has 2 rings (SSSR count). The first kappa shape index (κ1) is 17.8. The fraction of sp³-hybridized carbons (Fsp3) is 0.267. The fourth-order valence-corrected chi connectivity index (χ4v) is 3.03. The molecule has 1 aromatic carbocycles. The molecule has 21 heavy (non-hydrogen) atoms. The molecule has 0 aliphatic carbocycles. The number of hydrogen-bond acceptors (Lipinski definition) is 3. The molecule has 114 valence electrons. The molecule has 0 radical (unpaired) electrons. The summed E-state index contributed by atoms with van der Waals surface area (Å²) < 4.78 is 0.752. The topological polar surface area (TPSA) is 46.3 Å². The van der Waals surface area contributed by atoms with E-state index < -0.39 is 0 Å². The lowest BCUT2D eigenvalue weighted by Crippen LogP contribution is -2.31. The summed E-state index contributed by atoms with van der Waals surface area (Å²) in [6.45, 7) is 3.28. The average Bonchev–Trinajstić information content (AvgIpc) is 2.84. The Bertz CT molecular complexity index is 584. The number of nitrogen functional groups attached to an aromatic ring is 1. The highest BCUT2D eigenvalue weighted by molar-refractivity contribution is 7.16. The van der Waals surface area contributed by atoms with Crippen LogP contribution in [0.2, 0.25) is 4.34 Å². The van der Waals surface area contributed by atoms with E-state index in [4.69, 9.17) is 17.3 Å². The van der Waals surface area contributed by atoms with E-state index in [1.165, 1.54) is 11.3 Å². The van der Waals surface area contributed by atoms with Gasteiger partial charge >= 0.3 is 0 Å². The number of thiophene rings is 1. The molecule has 1 heterocycles. The van der Waals surface area contributed by atoms with Gasteiger partial charge in [0, 0.05) is 17.1 Å². The van der Waals surface area contributed by atoms with E-state index in [2.05, 4.69) is 0 Å². The van der Waals surface area contributed by atoms with Crippen molar-refractivity contribution in [1.82, 2.24) is 4.90 Å². The van der Waals surface area contributed by atoms with Gasteiger partial charge in [-0.3, -0.25) is 4.79 Å². The number of benzene rings is 1. The molecule has 6 heteroatoms. The lowest BCUT2D eigenvalue weighted by atomic mass is 10.1. The second-order valence-corrected chi connectivity index (χ2v) is 6.33. The number of amides is 1. The number of likely N-dealkylation sites (N-methyl/N-ethyl adjacent to an activating group) is 1.